The molecule has 176 valence electrons. The quantitative estimate of drug-likeness (QED) is 0.152. The van der Waals surface area contributed by atoms with E-state index in [-0.39, 0.29) is 0 Å². The normalized spacial score (nSPS) is 11.2. The molecule has 0 aliphatic rings. The molecule has 0 aromatic rings. The molecule has 0 saturated carbocycles. The first-order chi connectivity index (χ1) is 14.0. The van der Waals surface area contributed by atoms with E-state index in [2.05, 4.69) is 27.7 Å². The van der Waals surface area contributed by atoms with Crippen LogP contribution in [-0.4, -0.2) is 30.7 Å². The average molecular weight is 454 g/mol. The summed E-state index contributed by atoms with van der Waals surface area (Å²) in [5.41, 5.74) is 0. The fourth-order valence-corrected chi connectivity index (χ4v) is 4.17. The van der Waals surface area contributed by atoms with Crippen LogP contribution in [0.5, 0.6) is 0 Å². The van der Waals surface area contributed by atoms with Crippen LogP contribution < -0.4 is 4.03 Å². The van der Waals surface area contributed by atoms with E-state index in [0.717, 1.165) is 0 Å². The molecular weight excluding hydrogens is 401 g/mol. The van der Waals surface area contributed by atoms with Crippen LogP contribution in [0.15, 0.2) is 0 Å². The van der Waals surface area contributed by atoms with Gasteiger partial charge in [0.05, 0.1) is 26.2 Å². The van der Waals surface area contributed by atoms with Gasteiger partial charge in [0.1, 0.15) is 0 Å². The van der Waals surface area contributed by atoms with Gasteiger partial charge in [0.2, 0.25) is 0 Å². The van der Waals surface area contributed by atoms with Gasteiger partial charge in [-0.3, -0.25) is 0 Å². The molecule has 0 rings (SSSR count). The fraction of sp³-hybridized carbons (Fsp3) is 1.00. The van der Waals surface area contributed by atoms with E-state index in [9.17, 15) is 0 Å². The Hall–Kier alpha value is 0.104. The topological polar surface area (TPSA) is 57.2 Å². The molecular formula is C24H52NO3V. The second-order valence-corrected chi connectivity index (χ2v) is 9.40. The Morgan fingerprint density at radius 2 is 0.690 bits per heavy atom. The fourth-order valence-electron chi connectivity index (χ4n) is 4.17. The van der Waals surface area contributed by atoms with Gasteiger partial charge in [-0.25, -0.2) is 0 Å². The van der Waals surface area contributed by atoms with E-state index < -0.39 is 15.4 Å². The number of quaternary nitrogens is 1. The Kier molecular flexibility index (Phi) is 26.3. The van der Waals surface area contributed by atoms with Crippen molar-refractivity contribution in [2.45, 2.75) is 130 Å². The van der Waals surface area contributed by atoms with Crippen LogP contribution in [-0.2, 0) is 22.7 Å². The van der Waals surface area contributed by atoms with Gasteiger partial charge in [0, 0.05) is 0 Å². The van der Waals surface area contributed by atoms with Gasteiger partial charge in [0.25, 0.3) is 0 Å². The van der Waals surface area contributed by atoms with Crippen molar-refractivity contribution < 1.29 is 31.3 Å². The first-order valence-electron chi connectivity index (χ1n) is 12.6. The van der Waals surface area contributed by atoms with Crippen LogP contribution >= 0.6 is 0 Å². The molecule has 0 spiro atoms. The molecule has 0 aromatic heterocycles. The van der Waals surface area contributed by atoms with Crippen molar-refractivity contribution in [2.24, 2.45) is 0 Å². The summed E-state index contributed by atoms with van der Waals surface area (Å²) >= 11 is -3.94. The molecule has 4 nitrogen and oxygen atoms in total. The van der Waals surface area contributed by atoms with Crippen molar-refractivity contribution in [3.05, 3.63) is 0 Å². The third-order valence-electron chi connectivity index (χ3n) is 5.94. The summed E-state index contributed by atoms with van der Waals surface area (Å²) < 4.78 is 27.1. The van der Waals surface area contributed by atoms with E-state index in [4.69, 9.17) is 11.4 Å². The molecule has 0 amide bonds. The summed E-state index contributed by atoms with van der Waals surface area (Å²) in [7, 11) is 0. The monoisotopic (exact) mass is 453 g/mol. The third-order valence-corrected chi connectivity index (χ3v) is 5.94. The zero-order valence-corrected chi connectivity index (χ0v) is 21.7. The zero-order chi connectivity index (χ0) is 22.2. The molecule has 0 aromatic carbocycles. The van der Waals surface area contributed by atoms with Crippen LogP contribution in [0.25, 0.3) is 0 Å². The maximum atomic E-state index is 8.56. The maximum absolute atomic E-state index is 8.56. The van der Waals surface area contributed by atoms with Gasteiger partial charge < -0.3 is 4.48 Å². The van der Waals surface area contributed by atoms with E-state index in [1.54, 1.807) is 0 Å². The van der Waals surface area contributed by atoms with Crippen LogP contribution in [0, 0.1) is 0 Å². The molecule has 0 radical (unpaired) electrons. The van der Waals surface area contributed by atoms with Crippen molar-refractivity contribution in [3.63, 3.8) is 0 Å². The van der Waals surface area contributed by atoms with Gasteiger partial charge >= 0.3 is 26.8 Å². The molecule has 0 bridgehead atoms. The van der Waals surface area contributed by atoms with Crippen LogP contribution in [0.4, 0.5) is 0 Å². The average Bonchev–Trinajstić information content (AvgIpc) is 2.69. The van der Waals surface area contributed by atoms with Gasteiger partial charge in [-0.15, -0.1) is 0 Å². The minimum absolute atomic E-state index is 1.36. The van der Waals surface area contributed by atoms with E-state index >= 15 is 0 Å². The Morgan fingerprint density at radius 1 is 0.483 bits per heavy atom. The Morgan fingerprint density at radius 3 is 0.862 bits per heavy atom. The SMILES string of the molecule is CCCCCC[N+](CCCCCC)(CCCCCC)CCCCCC.[O]=[V](=[O])[O-]. The second-order valence-electron chi connectivity index (χ2n) is 8.70. The molecule has 0 fully saturated rings. The minimum atomic E-state index is -3.94. The predicted octanol–water partition coefficient (Wildman–Crippen LogP) is 6.70. The van der Waals surface area contributed by atoms with Gasteiger partial charge in [0.15, 0.2) is 0 Å². The van der Waals surface area contributed by atoms with Crippen molar-refractivity contribution in [3.8, 4) is 0 Å². The number of hydrogen-bond donors (Lipinski definition) is 0. The van der Waals surface area contributed by atoms with Crippen LogP contribution in [0.1, 0.15) is 130 Å². The zero-order valence-electron chi connectivity index (χ0n) is 20.3. The molecule has 0 aliphatic heterocycles. The Labute approximate surface area is 187 Å². The van der Waals surface area contributed by atoms with Gasteiger partial charge in [-0.2, -0.15) is 0 Å². The van der Waals surface area contributed by atoms with E-state index in [1.807, 2.05) is 0 Å². The number of nitrogens with zero attached hydrogens (tertiary/aromatic N) is 1. The van der Waals surface area contributed by atoms with E-state index in [0.29, 0.717) is 0 Å². The Bertz CT molecular complexity index is 325. The summed E-state index contributed by atoms with van der Waals surface area (Å²) in [6.07, 6.45) is 22.8. The van der Waals surface area contributed by atoms with Gasteiger partial charge in [-0.1, -0.05) is 79.1 Å². The number of unbranched alkanes of at least 4 members (excludes halogenated alkanes) is 12. The Balaban J connectivity index is 0. The molecule has 0 saturated heterocycles. The first-order valence-corrected chi connectivity index (χ1v) is 14.4. The van der Waals surface area contributed by atoms with Crippen molar-refractivity contribution in [1.82, 2.24) is 0 Å². The summed E-state index contributed by atoms with van der Waals surface area (Å²) in [5.74, 6) is 0. The summed E-state index contributed by atoms with van der Waals surface area (Å²) in [6.45, 7) is 15.2. The predicted molar refractivity (Wildman–Crippen MR) is 118 cm³/mol. The summed E-state index contributed by atoms with van der Waals surface area (Å²) in [5, 5.41) is 0. The summed E-state index contributed by atoms with van der Waals surface area (Å²) in [4.78, 5) is 0. The van der Waals surface area contributed by atoms with Crippen LogP contribution in [0.2, 0.25) is 0 Å². The molecule has 0 unspecified atom stereocenters. The first kappa shape index (κ1) is 31.3. The van der Waals surface area contributed by atoms with Crippen molar-refractivity contribution in [2.75, 3.05) is 26.2 Å². The van der Waals surface area contributed by atoms with Gasteiger partial charge in [-0.05, 0) is 51.4 Å². The molecule has 0 N–H and O–H groups in total. The van der Waals surface area contributed by atoms with Crippen LogP contribution in [0.3, 0.4) is 0 Å². The van der Waals surface area contributed by atoms with Crippen molar-refractivity contribution >= 4 is 0 Å². The third kappa shape index (κ3) is 24.2. The summed E-state index contributed by atoms with van der Waals surface area (Å²) in [6, 6.07) is 0. The standard InChI is InChI=1S/C24H52N.3O.V/c1-5-9-13-17-21-25(22-18-14-10-6-2,23-19-15-11-7-3)24-20-16-12-8-4;;;;/h5-24H2,1-4H3;;;;/q+1;;;-1;. The molecule has 0 atom stereocenters. The number of rotatable bonds is 20. The molecule has 0 aliphatic carbocycles. The number of hydrogen-bond acceptors (Lipinski definition) is 3. The second kappa shape index (κ2) is 24.4. The van der Waals surface area contributed by atoms with E-state index in [1.165, 1.54) is 133 Å². The molecule has 29 heavy (non-hydrogen) atoms. The molecule has 0 heterocycles. The van der Waals surface area contributed by atoms with Crippen molar-refractivity contribution in [1.29, 1.82) is 0 Å². The molecule has 5 heteroatoms.